The molecule has 1 aromatic carbocycles. The van der Waals surface area contributed by atoms with Crippen molar-refractivity contribution in [3.8, 4) is 5.75 Å². The highest BCUT2D eigenvalue weighted by Gasteiger charge is 2.17. The Morgan fingerprint density at radius 1 is 1.22 bits per heavy atom. The topological polar surface area (TPSA) is 38.3 Å². The van der Waals surface area contributed by atoms with Gasteiger partial charge in [0.05, 0.1) is 4.88 Å². The van der Waals surface area contributed by atoms with Gasteiger partial charge in [-0.1, -0.05) is 19.3 Å². The fourth-order valence-corrected chi connectivity index (χ4v) is 3.57. The van der Waals surface area contributed by atoms with Crippen LogP contribution in [-0.2, 0) is 6.61 Å². The van der Waals surface area contributed by atoms with Crippen molar-refractivity contribution in [3.05, 3.63) is 52.0 Å². The van der Waals surface area contributed by atoms with Crippen molar-refractivity contribution < 1.29 is 13.9 Å². The molecular weight excluding hydrogens is 313 g/mol. The molecule has 1 aliphatic rings. The van der Waals surface area contributed by atoms with Gasteiger partial charge in [0.2, 0.25) is 0 Å². The molecule has 3 nitrogen and oxygen atoms in total. The Labute approximate surface area is 139 Å². The Hall–Kier alpha value is -1.88. The van der Waals surface area contributed by atoms with E-state index in [2.05, 4.69) is 5.32 Å². The van der Waals surface area contributed by atoms with Crippen LogP contribution in [0, 0.1) is 5.82 Å². The van der Waals surface area contributed by atoms with E-state index in [-0.39, 0.29) is 11.7 Å². The van der Waals surface area contributed by atoms with Gasteiger partial charge >= 0.3 is 0 Å². The van der Waals surface area contributed by atoms with Crippen molar-refractivity contribution in [2.45, 2.75) is 44.8 Å². The smallest absolute Gasteiger partial charge is 0.261 e. The van der Waals surface area contributed by atoms with Crippen LogP contribution in [-0.4, -0.2) is 11.9 Å². The molecule has 0 spiro atoms. The van der Waals surface area contributed by atoms with E-state index in [4.69, 9.17) is 4.74 Å². The molecule has 1 aromatic heterocycles. The van der Waals surface area contributed by atoms with Gasteiger partial charge in [-0.2, -0.15) is 0 Å². The van der Waals surface area contributed by atoms with E-state index >= 15 is 0 Å². The fraction of sp³-hybridized carbons (Fsp3) is 0.389. The maximum atomic E-state index is 12.8. The molecule has 1 N–H and O–H groups in total. The summed E-state index contributed by atoms with van der Waals surface area (Å²) in [6.07, 6.45) is 5.84. The Morgan fingerprint density at radius 3 is 2.70 bits per heavy atom. The van der Waals surface area contributed by atoms with Gasteiger partial charge < -0.3 is 10.1 Å². The fourth-order valence-electron chi connectivity index (χ4n) is 2.77. The molecule has 23 heavy (non-hydrogen) atoms. The zero-order chi connectivity index (χ0) is 16.1. The highest BCUT2D eigenvalue weighted by Crippen LogP contribution is 2.21. The van der Waals surface area contributed by atoms with Gasteiger partial charge in [0.25, 0.3) is 5.91 Å². The average Bonchev–Trinajstić information content (AvgIpc) is 3.04. The molecule has 1 fully saturated rings. The third kappa shape index (κ3) is 4.55. The van der Waals surface area contributed by atoms with Crippen molar-refractivity contribution >= 4 is 17.2 Å². The Balaban J connectivity index is 1.52. The van der Waals surface area contributed by atoms with Crippen LogP contribution in [0.3, 0.4) is 0 Å². The van der Waals surface area contributed by atoms with Crippen molar-refractivity contribution in [1.29, 1.82) is 0 Å². The maximum absolute atomic E-state index is 12.8. The minimum Gasteiger partial charge on any atom is -0.489 e. The number of nitrogens with one attached hydrogen (secondary N) is 1. The van der Waals surface area contributed by atoms with Crippen LogP contribution in [0.4, 0.5) is 4.39 Å². The molecule has 1 aliphatic carbocycles. The van der Waals surface area contributed by atoms with E-state index in [1.807, 2.05) is 11.4 Å². The number of hydrogen-bond acceptors (Lipinski definition) is 3. The van der Waals surface area contributed by atoms with Gasteiger partial charge in [0.1, 0.15) is 18.2 Å². The quantitative estimate of drug-likeness (QED) is 0.873. The van der Waals surface area contributed by atoms with Crippen molar-refractivity contribution in [1.82, 2.24) is 5.32 Å². The summed E-state index contributed by atoms with van der Waals surface area (Å²) in [6, 6.07) is 8.11. The Bertz CT molecular complexity index is 647. The first-order valence-corrected chi connectivity index (χ1v) is 8.85. The van der Waals surface area contributed by atoms with Crippen molar-refractivity contribution in [2.24, 2.45) is 0 Å². The lowest BCUT2D eigenvalue weighted by molar-refractivity contribution is 0.0932. The molecule has 0 bridgehead atoms. The summed E-state index contributed by atoms with van der Waals surface area (Å²) in [5, 5.41) is 5.05. The summed E-state index contributed by atoms with van der Waals surface area (Å²) in [6.45, 7) is 0.374. The lowest BCUT2D eigenvalue weighted by Gasteiger charge is -2.22. The summed E-state index contributed by atoms with van der Waals surface area (Å²) >= 11 is 1.43. The van der Waals surface area contributed by atoms with Crippen LogP contribution in [0.5, 0.6) is 5.75 Å². The highest BCUT2D eigenvalue weighted by molar-refractivity contribution is 7.12. The van der Waals surface area contributed by atoms with E-state index in [0.717, 1.165) is 18.4 Å². The van der Waals surface area contributed by atoms with E-state index in [0.29, 0.717) is 23.3 Å². The molecule has 0 radical (unpaired) electrons. The second kappa shape index (κ2) is 7.59. The molecule has 0 atom stereocenters. The minimum atomic E-state index is -0.283. The number of carbonyl (C=O) groups is 1. The summed E-state index contributed by atoms with van der Waals surface area (Å²) in [5.74, 6) is 0.343. The molecule has 2 aromatic rings. The standard InChI is InChI=1S/C18H20FNO2S/c19-14-6-8-16(9-7-14)22-11-13-10-17(23-12-13)18(21)20-15-4-2-1-3-5-15/h6-10,12,15H,1-5,11H2,(H,20,21). The predicted molar refractivity (Wildman–Crippen MR) is 89.4 cm³/mol. The lowest BCUT2D eigenvalue weighted by atomic mass is 9.95. The molecule has 1 amide bonds. The van der Waals surface area contributed by atoms with E-state index < -0.39 is 0 Å². The molecule has 0 saturated heterocycles. The van der Waals surface area contributed by atoms with Crippen molar-refractivity contribution in [2.75, 3.05) is 0 Å². The Morgan fingerprint density at radius 2 is 1.96 bits per heavy atom. The molecule has 0 unspecified atom stereocenters. The number of thiophene rings is 1. The van der Waals surface area contributed by atoms with Gasteiger partial charge in [0, 0.05) is 11.6 Å². The second-order valence-corrected chi connectivity index (χ2v) is 6.78. The van der Waals surface area contributed by atoms with Crippen molar-refractivity contribution in [3.63, 3.8) is 0 Å². The average molecular weight is 333 g/mol. The summed E-state index contributed by atoms with van der Waals surface area (Å²) in [4.78, 5) is 13.0. The summed E-state index contributed by atoms with van der Waals surface area (Å²) in [7, 11) is 0. The molecular formula is C18H20FNO2S. The van der Waals surface area contributed by atoms with E-state index in [1.165, 1.54) is 42.7 Å². The minimum absolute atomic E-state index is 0.00920. The van der Waals surface area contributed by atoms with E-state index in [1.54, 1.807) is 12.1 Å². The number of ether oxygens (including phenoxy) is 1. The van der Waals surface area contributed by atoms with Crippen LogP contribution >= 0.6 is 11.3 Å². The summed E-state index contributed by atoms with van der Waals surface area (Å²) < 4.78 is 18.4. The third-order valence-corrected chi connectivity index (χ3v) is 5.01. The third-order valence-electron chi connectivity index (χ3n) is 4.04. The van der Waals surface area contributed by atoms with Crippen LogP contribution in [0.2, 0.25) is 0 Å². The first-order chi connectivity index (χ1) is 11.2. The SMILES string of the molecule is O=C(NC1CCCCC1)c1cc(COc2ccc(F)cc2)cs1. The number of hydrogen-bond donors (Lipinski definition) is 1. The van der Waals surface area contributed by atoms with E-state index in [9.17, 15) is 9.18 Å². The maximum Gasteiger partial charge on any atom is 0.261 e. The monoisotopic (exact) mass is 333 g/mol. The summed E-state index contributed by atoms with van der Waals surface area (Å²) in [5.41, 5.74) is 0.952. The van der Waals surface area contributed by atoms with Gasteiger partial charge in [-0.05, 0) is 48.6 Å². The highest BCUT2D eigenvalue weighted by atomic mass is 32.1. The van der Waals surface area contributed by atoms with Crippen LogP contribution in [0.25, 0.3) is 0 Å². The number of benzene rings is 1. The van der Waals surface area contributed by atoms with Gasteiger partial charge in [0.15, 0.2) is 0 Å². The van der Waals surface area contributed by atoms with Crippen LogP contribution in [0.15, 0.2) is 35.7 Å². The second-order valence-electron chi connectivity index (χ2n) is 5.87. The number of rotatable bonds is 5. The van der Waals surface area contributed by atoms with Crippen LogP contribution in [0.1, 0.15) is 47.3 Å². The largest absolute Gasteiger partial charge is 0.489 e. The number of amides is 1. The first kappa shape index (κ1) is 16.0. The molecule has 1 heterocycles. The zero-order valence-corrected chi connectivity index (χ0v) is 13.7. The normalized spacial score (nSPS) is 15.3. The molecule has 0 aliphatic heterocycles. The molecule has 5 heteroatoms. The van der Waals surface area contributed by atoms with Gasteiger partial charge in [-0.3, -0.25) is 4.79 Å². The zero-order valence-electron chi connectivity index (χ0n) is 12.9. The van der Waals surface area contributed by atoms with Crippen LogP contribution < -0.4 is 10.1 Å². The predicted octanol–water partition coefficient (Wildman–Crippen LogP) is 4.53. The molecule has 122 valence electrons. The lowest BCUT2D eigenvalue weighted by Crippen LogP contribution is -2.35. The molecule has 1 saturated carbocycles. The Kier molecular flexibility index (Phi) is 5.28. The molecule has 3 rings (SSSR count). The van der Waals surface area contributed by atoms with Gasteiger partial charge in [-0.15, -0.1) is 11.3 Å². The number of carbonyl (C=O) groups excluding carboxylic acids is 1. The first-order valence-electron chi connectivity index (χ1n) is 7.97. The number of halogens is 1. The van der Waals surface area contributed by atoms with Gasteiger partial charge in [-0.25, -0.2) is 4.39 Å².